The lowest BCUT2D eigenvalue weighted by atomic mass is 10.1. The molecule has 20 heavy (non-hydrogen) atoms. The second-order valence-corrected chi connectivity index (χ2v) is 4.85. The number of amides is 1. The zero-order valence-electron chi connectivity index (χ0n) is 11.8. The van der Waals surface area contributed by atoms with E-state index in [0.29, 0.717) is 19.0 Å². The molecule has 2 rings (SSSR count). The largest absolute Gasteiger partial charge is 0.354 e. The predicted molar refractivity (Wildman–Crippen MR) is 84.7 cm³/mol. The summed E-state index contributed by atoms with van der Waals surface area (Å²) >= 11 is 0. The van der Waals surface area contributed by atoms with Crippen molar-refractivity contribution in [2.45, 2.75) is 45.2 Å². The number of nitrogens with zero attached hydrogens (tertiary/aromatic N) is 2. The van der Waals surface area contributed by atoms with Gasteiger partial charge in [0, 0.05) is 37.9 Å². The summed E-state index contributed by atoms with van der Waals surface area (Å²) in [4.78, 5) is 15.8. The van der Waals surface area contributed by atoms with Crippen molar-refractivity contribution in [3.8, 4) is 0 Å². The van der Waals surface area contributed by atoms with Gasteiger partial charge in [0.05, 0.1) is 0 Å². The van der Waals surface area contributed by atoms with Crippen molar-refractivity contribution in [3.05, 3.63) is 18.2 Å². The number of aromatic nitrogens is 2. The highest BCUT2D eigenvalue weighted by atomic mass is 35.5. The van der Waals surface area contributed by atoms with Crippen molar-refractivity contribution in [3.63, 3.8) is 0 Å². The molecule has 1 saturated heterocycles. The number of hydrogen-bond donors (Lipinski definition) is 2. The predicted octanol–water partition coefficient (Wildman–Crippen LogP) is 1.68. The van der Waals surface area contributed by atoms with Crippen molar-refractivity contribution in [1.29, 1.82) is 0 Å². The van der Waals surface area contributed by atoms with E-state index in [0.717, 1.165) is 25.3 Å². The molecule has 2 N–H and O–H groups in total. The number of hydrogen-bond acceptors (Lipinski definition) is 3. The van der Waals surface area contributed by atoms with Crippen molar-refractivity contribution in [2.24, 2.45) is 0 Å². The summed E-state index contributed by atoms with van der Waals surface area (Å²) < 4.78 is 2.04. The van der Waals surface area contributed by atoms with Crippen LogP contribution in [0.5, 0.6) is 0 Å². The summed E-state index contributed by atoms with van der Waals surface area (Å²) in [6, 6.07) is 0.548. The van der Waals surface area contributed by atoms with Gasteiger partial charge in [-0.15, -0.1) is 24.8 Å². The molecule has 7 heteroatoms. The maximum absolute atomic E-state index is 11.6. The minimum Gasteiger partial charge on any atom is -0.354 e. The summed E-state index contributed by atoms with van der Waals surface area (Å²) in [6.07, 6.45) is 7.75. The fourth-order valence-corrected chi connectivity index (χ4v) is 2.35. The van der Waals surface area contributed by atoms with Crippen LogP contribution in [0.15, 0.2) is 12.4 Å². The lowest BCUT2D eigenvalue weighted by Crippen LogP contribution is -2.29. The molecule has 1 fully saturated rings. The van der Waals surface area contributed by atoms with Gasteiger partial charge in [0.2, 0.25) is 5.91 Å². The average molecular weight is 323 g/mol. The molecule has 0 bridgehead atoms. The van der Waals surface area contributed by atoms with E-state index in [4.69, 9.17) is 0 Å². The molecule has 2 heterocycles. The number of nitrogens with one attached hydrogen (secondary N) is 2. The molecule has 0 saturated carbocycles. The Hall–Kier alpha value is -0.780. The Bertz CT molecular complexity index is 391. The first-order chi connectivity index (χ1) is 8.75. The van der Waals surface area contributed by atoms with E-state index in [1.54, 1.807) is 6.20 Å². The first-order valence-corrected chi connectivity index (χ1v) is 6.73. The topological polar surface area (TPSA) is 59.0 Å². The second-order valence-electron chi connectivity index (χ2n) is 4.85. The maximum Gasteiger partial charge on any atom is 0.220 e. The molecule has 0 aromatic carbocycles. The molecule has 116 valence electrons. The molecular formula is C13H24Cl2N4O. The second kappa shape index (κ2) is 10.0. The highest BCUT2D eigenvalue weighted by Crippen LogP contribution is 2.10. The summed E-state index contributed by atoms with van der Waals surface area (Å²) in [5, 5.41) is 6.36. The van der Waals surface area contributed by atoms with Gasteiger partial charge < -0.3 is 15.2 Å². The number of carbonyl (C=O) groups excluding carboxylic acids is 1. The van der Waals surface area contributed by atoms with E-state index >= 15 is 0 Å². The van der Waals surface area contributed by atoms with E-state index < -0.39 is 0 Å². The monoisotopic (exact) mass is 322 g/mol. The molecule has 1 aliphatic rings. The first kappa shape index (κ1) is 19.2. The van der Waals surface area contributed by atoms with E-state index in [9.17, 15) is 4.79 Å². The van der Waals surface area contributed by atoms with Crippen molar-refractivity contribution in [2.75, 3.05) is 13.1 Å². The van der Waals surface area contributed by atoms with Crippen LogP contribution in [-0.4, -0.2) is 34.6 Å². The third-order valence-corrected chi connectivity index (χ3v) is 3.48. The standard InChI is InChI=1S/C13H22N4O.2ClH/c1-11-14-7-9-17(11)10-8-16-13(18)5-4-12-3-2-6-15-12;;/h7,9,12,15H,2-6,8,10H2,1H3,(H,16,18);2*1H. The van der Waals surface area contributed by atoms with Crippen LogP contribution in [0.25, 0.3) is 0 Å². The fraction of sp³-hybridized carbons (Fsp3) is 0.692. The first-order valence-electron chi connectivity index (χ1n) is 6.73. The van der Waals surface area contributed by atoms with Crippen LogP contribution in [0.4, 0.5) is 0 Å². The van der Waals surface area contributed by atoms with Gasteiger partial charge in [-0.05, 0) is 32.7 Å². The Kier molecular flexibility index (Phi) is 9.63. The van der Waals surface area contributed by atoms with Crippen molar-refractivity contribution >= 4 is 30.7 Å². The highest BCUT2D eigenvalue weighted by Gasteiger charge is 2.14. The van der Waals surface area contributed by atoms with Crippen LogP contribution >= 0.6 is 24.8 Å². The Morgan fingerprint density at radius 2 is 2.35 bits per heavy atom. The molecule has 5 nitrogen and oxygen atoms in total. The lowest BCUT2D eigenvalue weighted by molar-refractivity contribution is -0.121. The molecule has 1 atom stereocenters. The Morgan fingerprint density at radius 1 is 1.55 bits per heavy atom. The number of rotatable bonds is 6. The minimum atomic E-state index is 0. The smallest absolute Gasteiger partial charge is 0.220 e. The Balaban J connectivity index is 0.00000180. The maximum atomic E-state index is 11.6. The number of imidazole rings is 1. The van der Waals surface area contributed by atoms with Gasteiger partial charge in [0.25, 0.3) is 0 Å². The van der Waals surface area contributed by atoms with Crippen LogP contribution in [0, 0.1) is 6.92 Å². The van der Waals surface area contributed by atoms with Gasteiger partial charge in [-0.25, -0.2) is 4.98 Å². The molecule has 1 aromatic rings. The molecular weight excluding hydrogens is 299 g/mol. The summed E-state index contributed by atoms with van der Waals surface area (Å²) in [5.74, 6) is 1.14. The summed E-state index contributed by atoms with van der Waals surface area (Å²) in [5.41, 5.74) is 0. The zero-order chi connectivity index (χ0) is 12.8. The molecule has 0 radical (unpaired) electrons. The molecule has 0 aliphatic carbocycles. The molecule has 1 aromatic heterocycles. The number of carbonyl (C=O) groups is 1. The van der Waals surface area contributed by atoms with Gasteiger partial charge in [0.1, 0.15) is 5.82 Å². The quantitative estimate of drug-likeness (QED) is 0.837. The van der Waals surface area contributed by atoms with Gasteiger partial charge in [0.15, 0.2) is 0 Å². The average Bonchev–Trinajstić information content (AvgIpc) is 2.99. The third-order valence-electron chi connectivity index (χ3n) is 3.48. The molecule has 1 unspecified atom stereocenters. The van der Waals surface area contributed by atoms with Crippen LogP contribution < -0.4 is 10.6 Å². The van der Waals surface area contributed by atoms with E-state index in [1.807, 2.05) is 17.7 Å². The highest BCUT2D eigenvalue weighted by molar-refractivity contribution is 5.85. The third kappa shape index (κ3) is 6.11. The zero-order valence-corrected chi connectivity index (χ0v) is 13.4. The van der Waals surface area contributed by atoms with Crippen LogP contribution in [0.3, 0.4) is 0 Å². The summed E-state index contributed by atoms with van der Waals surface area (Å²) in [7, 11) is 0. The molecule has 0 spiro atoms. The minimum absolute atomic E-state index is 0. The van der Waals surface area contributed by atoms with Gasteiger partial charge in [-0.2, -0.15) is 0 Å². The number of aryl methyl sites for hydroxylation is 1. The van der Waals surface area contributed by atoms with Crippen LogP contribution in [0.1, 0.15) is 31.5 Å². The van der Waals surface area contributed by atoms with E-state index in [-0.39, 0.29) is 30.7 Å². The van der Waals surface area contributed by atoms with Crippen LogP contribution in [0.2, 0.25) is 0 Å². The summed E-state index contributed by atoms with van der Waals surface area (Å²) in [6.45, 7) is 4.53. The van der Waals surface area contributed by atoms with Gasteiger partial charge >= 0.3 is 0 Å². The molecule has 1 amide bonds. The Labute approximate surface area is 132 Å². The van der Waals surface area contributed by atoms with Crippen molar-refractivity contribution < 1.29 is 4.79 Å². The fourth-order valence-electron chi connectivity index (χ4n) is 2.35. The normalized spacial score (nSPS) is 17.1. The lowest BCUT2D eigenvalue weighted by Gasteiger charge is -2.10. The Morgan fingerprint density at radius 3 is 2.95 bits per heavy atom. The number of halogens is 2. The van der Waals surface area contributed by atoms with E-state index in [1.165, 1.54) is 12.8 Å². The SMILES string of the molecule is Cc1nccn1CCNC(=O)CCC1CCCN1.Cl.Cl. The van der Waals surface area contributed by atoms with Gasteiger partial charge in [-0.3, -0.25) is 4.79 Å². The molecule has 1 aliphatic heterocycles. The van der Waals surface area contributed by atoms with Crippen molar-refractivity contribution in [1.82, 2.24) is 20.2 Å². The van der Waals surface area contributed by atoms with Crippen LogP contribution in [-0.2, 0) is 11.3 Å². The van der Waals surface area contributed by atoms with Gasteiger partial charge in [-0.1, -0.05) is 0 Å². The van der Waals surface area contributed by atoms with E-state index in [2.05, 4.69) is 15.6 Å².